The molecule has 0 heterocycles. The normalized spacial score (nSPS) is 12.1. The van der Waals surface area contributed by atoms with Crippen LogP contribution >= 0.6 is 0 Å². The van der Waals surface area contributed by atoms with E-state index in [-0.39, 0.29) is 17.1 Å². The second kappa shape index (κ2) is 6.83. The number of halogens is 3. The lowest BCUT2D eigenvalue weighted by Crippen LogP contribution is -2.27. The summed E-state index contributed by atoms with van der Waals surface area (Å²) in [6, 6.07) is 6.17. The minimum atomic E-state index is -4.35. The Morgan fingerprint density at radius 2 is 1.71 bits per heavy atom. The number of hydrogen-bond acceptors (Lipinski definition) is 2. The van der Waals surface area contributed by atoms with Crippen LogP contribution in [0.2, 0.25) is 0 Å². The molecule has 21 heavy (non-hydrogen) atoms. The van der Waals surface area contributed by atoms with E-state index in [0.29, 0.717) is 13.0 Å². The lowest BCUT2D eigenvalue weighted by atomic mass is 9.92. The van der Waals surface area contributed by atoms with Crippen LogP contribution in [0.4, 0.5) is 13.2 Å². The molecule has 1 N–H and O–H groups in total. The highest BCUT2D eigenvalue weighted by Gasteiger charge is 2.28. The Kier molecular flexibility index (Phi) is 5.63. The van der Waals surface area contributed by atoms with Crippen molar-refractivity contribution in [3.63, 3.8) is 0 Å². The van der Waals surface area contributed by atoms with Crippen LogP contribution in [0.3, 0.4) is 0 Å². The van der Waals surface area contributed by atoms with Gasteiger partial charge < -0.3 is 10.1 Å². The second-order valence-corrected chi connectivity index (χ2v) is 6.06. The lowest BCUT2D eigenvalue weighted by Gasteiger charge is -2.17. The quantitative estimate of drug-likeness (QED) is 0.901. The Morgan fingerprint density at radius 3 is 2.19 bits per heavy atom. The average Bonchev–Trinajstić information content (AvgIpc) is 2.32. The Morgan fingerprint density at radius 1 is 1.14 bits per heavy atom. The summed E-state index contributed by atoms with van der Waals surface area (Å²) in [6.07, 6.45) is -3.93. The van der Waals surface area contributed by atoms with Crippen molar-refractivity contribution in [3.05, 3.63) is 29.8 Å². The van der Waals surface area contributed by atoms with Gasteiger partial charge in [-0.25, -0.2) is 0 Å². The van der Waals surface area contributed by atoms with Crippen LogP contribution in [0.5, 0.6) is 5.75 Å². The highest BCUT2D eigenvalue weighted by Crippen LogP contribution is 2.19. The molecule has 1 aromatic rings. The van der Waals surface area contributed by atoms with E-state index in [4.69, 9.17) is 0 Å². The molecular formula is C15H20F3NO2. The monoisotopic (exact) mass is 303 g/mol. The van der Waals surface area contributed by atoms with Gasteiger partial charge in [-0.2, -0.15) is 13.2 Å². The van der Waals surface area contributed by atoms with Gasteiger partial charge in [0.25, 0.3) is 0 Å². The maximum absolute atomic E-state index is 12.0. The molecule has 118 valence electrons. The zero-order valence-corrected chi connectivity index (χ0v) is 12.4. The number of carbonyl (C=O) groups excluding carboxylic acids is 1. The van der Waals surface area contributed by atoms with Crippen molar-refractivity contribution in [1.29, 1.82) is 0 Å². The highest BCUT2D eigenvalue weighted by molar-refractivity contribution is 5.76. The number of amides is 1. The summed E-state index contributed by atoms with van der Waals surface area (Å²) in [7, 11) is 0. The molecule has 0 saturated carbocycles. The first-order chi connectivity index (χ1) is 9.55. The minimum absolute atomic E-state index is 0.0557. The third-order valence-corrected chi connectivity index (χ3v) is 2.51. The van der Waals surface area contributed by atoms with E-state index in [2.05, 4.69) is 10.1 Å². The molecule has 0 bridgehead atoms. The average molecular weight is 303 g/mol. The number of alkyl halides is 3. The van der Waals surface area contributed by atoms with E-state index in [1.165, 1.54) is 12.1 Å². The SMILES string of the molecule is CC(C)(C)CC(=O)NCc1ccc(OCC(F)(F)F)cc1. The molecule has 0 saturated heterocycles. The maximum atomic E-state index is 12.0. The summed E-state index contributed by atoms with van der Waals surface area (Å²) in [5, 5.41) is 2.77. The number of nitrogens with one attached hydrogen (secondary N) is 1. The van der Waals surface area contributed by atoms with E-state index in [1.54, 1.807) is 12.1 Å². The standard InChI is InChI=1S/C15H20F3NO2/c1-14(2,3)8-13(20)19-9-11-4-6-12(7-5-11)21-10-15(16,17)18/h4-7H,8-10H2,1-3H3,(H,19,20). The van der Waals surface area contributed by atoms with Crippen LogP contribution in [-0.2, 0) is 11.3 Å². The second-order valence-electron chi connectivity index (χ2n) is 6.06. The molecule has 0 radical (unpaired) electrons. The fourth-order valence-corrected chi connectivity index (χ4v) is 1.61. The van der Waals surface area contributed by atoms with Gasteiger partial charge in [0, 0.05) is 13.0 Å². The Bertz CT molecular complexity index is 461. The lowest BCUT2D eigenvalue weighted by molar-refractivity contribution is -0.153. The smallest absolute Gasteiger partial charge is 0.422 e. The molecular weight excluding hydrogens is 283 g/mol. The largest absolute Gasteiger partial charge is 0.484 e. The summed E-state index contributed by atoms with van der Waals surface area (Å²) in [5.41, 5.74) is 0.718. The summed E-state index contributed by atoms with van der Waals surface area (Å²) in [5.74, 6) is 0.0944. The summed E-state index contributed by atoms with van der Waals surface area (Å²) < 4.78 is 40.6. The fourth-order valence-electron chi connectivity index (χ4n) is 1.61. The van der Waals surface area contributed by atoms with Gasteiger partial charge in [0.2, 0.25) is 5.91 Å². The van der Waals surface area contributed by atoms with Crippen LogP contribution < -0.4 is 10.1 Å². The molecule has 0 aliphatic carbocycles. The van der Waals surface area contributed by atoms with Gasteiger partial charge in [0.05, 0.1) is 0 Å². The van der Waals surface area contributed by atoms with Crippen molar-refractivity contribution in [3.8, 4) is 5.75 Å². The first-order valence-corrected chi connectivity index (χ1v) is 6.60. The predicted octanol–water partition coefficient (Wildman–Crippen LogP) is 3.68. The van der Waals surface area contributed by atoms with Crippen molar-refractivity contribution in [2.24, 2.45) is 5.41 Å². The number of rotatable bonds is 5. The molecule has 0 fully saturated rings. The molecule has 6 heteroatoms. The van der Waals surface area contributed by atoms with Crippen LogP contribution in [0.15, 0.2) is 24.3 Å². The number of hydrogen-bond donors (Lipinski definition) is 1. The van der Waals surface area contributed by atoms with Gasteiger partial charge in [-0.05, 0) is 23.1 Å². The molecule has 0 atom stereocenters. The molecule has 3 nitrogen and oxygen atoms in total. The molecule has 0 aliphatic rings. The molecule has 0 unspecified atom stereocenters. The zero-order valence-electron chi connectivity index (χ0n) is 12.4. The molecule has 1 amide bonds. The van der Waals surface area contributed by atoms with Crippen molar-refractivity contribution in [1.82, 2.24) is 5.32 Å². The number of ether oxygens (including phenoxy) is 1. The highest BCUT2D eigenvalue weighted by atomic mass is 19.4. The molecule has 1 aromatic carbocycles. The van der Waals surface area contributed by atoms with Crippen molar-refractivity contribution < 1.29 is 22.7 Å². The van der Waals surface area contributed by atoms with Gasteiger partial charge >= 0.3 is 6.18 Å². The number of benzene rings is 1. The minimum Gasteiger partial charge on any atom is -0.484 e. The van der Waals surface area contributed by atoms with Crippen LogP contribution in [-0.4, -0.2) is 18.7 Å². The van der Waals surface area contributed by atoms with Gasteiger partial charge in [0.1, 0.15) is 5.75 Å². The number of carbonyl (C=O) groups is 1. The van der Waals surface area contributed by atoms with E-state index < -0.39 is 12.8 Å². The van der Waals surface area contributed by atoms with Crippen molar-refractivity contribution in [2.45, 2.75) is 39.9 Å². The third kappa shape index (κ3) is 8.22. The Balaban J connectivity index is 2.43. The first kappa shape index (κ1) is 17.3. The molecule has 0 aromatic heterocycles. The van der Waals surface area contributed by atoms with E-state index >= 15 is 0 Å². The van der Waals surface area contributed by atoms with Crippen molar-refractivity contribution >= 4 is 5.91 Å². The molecule has 0 spiro atoms. The van der Waals surface area contributed by atoms with Crippen LogP contribution in [0, 0.1) is 5.41 Å². The third-order valence-electron chi connectivity index (χ3n) is 2.51. The summed E-state index contributed by atoms with van der Waals surface area (Å²) in [4.78, 5) is 11.7. The Labute approximate surface area is 122 Å². The maximum Gasteiger partial charge on any atom is 0.422 e. The van der Waals surface area contributed by atoms with Gasteiger partial charge in [0.15, 0.2) is 6.61 Å². The van der Waals surface area contributed by atoms with Crippen LogP contribution in [0.1, 0.15) is 32.8 Å². The van der Waals surface area contributed by atoms with E-state index in [9.17, 15) is 18.0 Å². The molecule has 1 rings (SSSR count). The van der Waals surface area contributed by atoms with Crippen molar-refractivity contribution in [2.75, 3.05) is 6.61 Å². The van der Waals surface area contributed by atoms with Gasteiger partial charge in [-0.15, -0.1) is 0 Å². The topological polar surface area (TPSA) is 38.3 Å². The van der Waals surface area contributed by atoms with Crippen LogP contribution in [0.25, 0.3) is 0 Å². The summed E-state index contributed by atoms with van der Waals surface area (Å²) >= 11 is 0. The molecule has 0 aliphatic heterocycles. The Hall–Kier alpha value is -1.72. The van der Waals surface area contributed by atoms with E-state index in [0.717, 1.165) is 5.56 Å². The zero-order chi connectivity index (χ0) is 16.1. The van der Waals surface area contributed by atoms with E-state index in [1.807, 2.05) is 20.8 Å². The first-order valence-electron chi connectivity index (χ1n) is 6.60. The fraction of sp³-hybridized carbons (Fsp3) is 0.533. The van der Waals surface area contributed by atoms with Gasteiger partial charge in [-0.1, -0.05) is 32.9 Å². The van der Waals surface area contributed by atoms with Gasteiger partial charge in [-0.3, -0.25) is 4.79 Å². The summed E-state index contributed by atoms with van der Waals surface area (Å²) in [6.45, 7) is 4.95. The predicted molar refractivity (Wildman–Crippen MR) is 73.9 cm³/mol.